The van der Waals surface area contributed by atoms with E-state index in [0.717, 1.165) is 69.4 Å². The maximum atomic E-state index is 13.6. The van der Waals surface area contributed by atoms with Crippen molar-refractivity contribution in [2.45, 2.75) is 109 Å². The van der Waals surface area contributed by atoms with Gasteiger partial charge in [0.1, 0.15) is 0 Å². The van der Waals surface area contributed by atoms with Crippen LogP contribution in [0.2, 0.25) is 0 Å². The van der Waals surface area contributed by atoms with E-state index in [0.29, 0.717) is 24.2 Å². The molecular weight excluding hydrogens is 474 g/mol. The van der Waals surface area contributed by atoms with E-state index >= 15 is 0 Å². The van der Waals surface area contributed by atoms with Crippen LogP contribution in [0.1, 0.15) is 106 Å². The molecule has 2 aromatic rings. The molecule has 0 spiro atoms. The fraction of sp³-hybridized carbons (Fsp3) is 0.645. The molecule has 0 radical (unpaired) electrons. The predicted octanol–water partition coefficient (Wildman–Crippen LogP) is 5.26. The Bertz CT molecular complexity index is 1080. The lowest BCUT2D eigenvalue weighted by Gasteiger charge is -2.29. The molecule has 38 heavy (non-hydrogen) atoms. The lowest BCUT2D eigenvalue weighted by molar-refractivity contribution is -0.122. The Labute approximate surface area is 227 Å². The first-order chi connectivity index (χ1) is 18.6. The number of amides is 2. The van der Waals surface area contributed by atoms with Gasteiger partial charge in [-0.25, -0.2) is 0 Å². The van der Waals surface area contributed by atoms with Gasteiger partial charge in [0, 0.05) is 30.6 Å². The molecule has 1 aliphatic heterocycles. The minimum atomic E-state index is -0.201. The molecule has 0 bridgehead atoms. The fourth-order valence-corrected chi connectivity index (χ4v) is 6.28. The van der Waals surface area contributed by atoms with Crippen molar-refractivity contribution < 1.29 is 9.59 Å². The average molecular weight is 520 g/mol. The number of rotatable bonds is 11. The number of benzene rings is 1. The maximum Gasteiger partial charge on any atom is 0.272 e. The van der Waals surface area contributed by atoms with Gasteiger partial charge < -0.3 is 15.5 Å². The molecule has 1 saturated heterocycles. The molecule has 2 heterocycles. The SMILES string of the molecule is CCc1ccccc1-c1cc(C(=O)N[C@@H](CCN2CCCCC2)CC(=O)NC2CCC2)nn1C1CCCC1. The smallest absolute Gasteiger partial charge is 0.272 e. The van der Waals surface area contributed by atoms with Gasteiger partial charge in [-0.3, -0.25) is 14.3 Å². The van der Waals surface area contributed by atoms with E-state index in [-0.39, 0.29) is 17.9 Å². The first kappa shape index (κ1) is 26.9. The Morgan fingerprint density at radius 1 is 1.00 bits per heavy atom. The largest absolute Gasteiger partial charge is 0.353 e. The number of hydrogen-bond donors (Lipinski definition) is 2. The van der Waals surface area contributed by atoms with Crippen LogP contribution >= 0.6 is 0 Å². The van der Waals surface area contributed by atoms with Crippen molar-refractivity contribution in [2.24, 2.45) is 0 Å². The summed E-state index contributed by atoms with van der Waals surface area (Å²) in [5.74, 6) is -0.121. The van der Waals surface area contributed by atoms with Crippen LogP contribution in [-0.4, -0.2) is 58.2 Å². The molecule has 1 aromatic heterocycles. The summed E-state index contributed by atoms with van der Waals surface area (Å²) in [6.07, 6.45) is 13.7. The van der Waals surface area contributed by atoms with Crippen LogP contribution in [0.3, 0.4) is 0 Å². The number of nitrogens with zero attached hydrogens (tertiary/aromatic N) is 3. The minimum Gasteiger partial charge on any atom is -0.353 e. The van der Waals surface area contributed by atoms with Gasteiger partial charge in [-0.15, -0.1) is 0 Å². The molecule has 1 aromatic carbocycles. The van der Waals surface area contributed by atoms with E-state index in [9.17, 15) is 9.59 Å². The first-order valence-electron chi connectivity index (χ1n) is 15.1. The maximum absolute atomic E-state index is 13.6. The number of likely N-dealkylation sites (tertiary alicyclic amines) is 1. The van der Waals surface area contributed by atoms with Crippen molar-refractivity contribution in [2.75, 3.05) is 19.6 Å². The summed E-state index contributed by atoms with van der Waals surface area (Å²) in [7, 11) is 0. The fourth-order valence-electron chi connectivity index (χ4n) is 6.28. The number of hydrogen-bond acceptors (Lipinski definition) is 4. The second kappa shape index (κ2) is 12.9. The average Bonchev–Trinajstić information content (AvgIpc) is 3.60. The number of carbonyl (C=O) groups is 2. The van der Waals surface area contributed by atoms with Gasteiger partial charge in [0.05, 0.1) is 11.7 Å². The van der Waals surface area contributed by atoms with Crippen LogP contribution in [-0.2, 0) is 11.2 Å². The van der Waals surface area contributed by atoms with Crippen molar-refractivity contribution in [1.82, 2.24) is 25.3 Å². The van der Waals surface area contributed by atoms with Crippen LogP contribution in [0.15, 0.2) is 30.3 Å². The van der Waals surface area contributed by atoms with Crippen LogP contribution in [0.4, 0.5) is 0 Å². The Kier molecular flexibility index (Phi) is 9.15. The summed E-state index contributed by atoms with van der Waals surface area (Å²) in [6.45, 7) is 5.31. The molecule has 2 aliphatic carbocycles. The molecule has 2 amide bonds. The van der Waals surface area contributed by atoms with Gasteiger partial charge in [0.15, 0.2) is 5.69 Å². The lowest BCUT2D eigenvalue weighted by atomic mass is 9.93. The van der Waals surface area contributed by atoms with E-state index in [1.54, 1.807) is 0 Å². The molecule has 2 saturated carbocycles. The van der Waals surface area contributed by atoms with Gasteiger partial charge in [-0.1, -0.05) is 50.5 Å². The number of aryl methyl sites for hydroxylation is 1. The van der Waals surface area contributed by atoms with Crippen LogP contribution in [0.25, 0.3) is 11.3 Å². The standard InChI is InChI=1S/C31H45N5O2/c1-2-23-11-4-7-16-27(23)29-22-28(34-36(29)26-14-5-6-15-26)31(38)33-25(17-20-35-18-8-3-9-19-35)21-30(37)32-24-12-10-13-24/h4,7,11,16,22,24-26H,2-3,5-6,8-10,12-15,17-21H2,1H3,(H,32,37)(H,33,38)/t25-/m0/s1. The molecule has 7 nitrogen and oxygen atoms in total. The number of piperidine rings is 1. The molecular formula is C31H45N5O2. The van der Waals surface area contributed by atoms with E-state index < -0.39 is 0 Å². The Morgan fingerprint density at radius 2 is 1.76 bits per heavy atom. The van der Waals surface area contributed by atoms with Crippen molar-refractivity contribution in [3.8, 4) is 11.3 Å². The normalized spacial score (nSPS) is 19.7. The quantitative estimate of drug-likeness (QED) is 0.424. The highest BCUT2D eigenvalue weighted by molar-refractivity contribution is 5.94. The Balaban J connectivity index is 1.33. The van der Waals surface area contributed by atoms with Crippen LogP contribution < -0.4 is 10.6 Å². The van der Waals surface area contributed by atoms with Crippen LogP contribution in [0, 0.1) is 0 Å². The van der Waals surface area contributed by atoms with Gasteiger partial charge in [-0.05, 0) is 82.5 Å². The summed E-state index contributed by atoms with van der Waals surface area (Å²) in [4.78, 5) is 28.9. The highest BCUT2D eigenvalue weighted by Gasteiger charge is 2.27. The Morgan fingerprint density at radius 3 is 2.47 bits per heavy atom. The molecule has 7 heteroatoms. The number of carbonyl (C=O) groups excluding carboxylic acids is 2. The number of aromatic nitrogens is 2. The monoisotopic (exact) mass is 519 g/mol. The van der Waals surface area contributed by atoms with E-state index in [2.05, 4.69) is 51.4 Å². The van der Waals surface area contributed by atoms with E-state index in [1.165, 1.54) is 44.1 Å². The molecule has 2 N–H and O–H groups in total. The topological polar surface area (TPSA) is 79.3 Å². The highest BCUT2D eigenvalue weighted by Crippen LogP contribution is 2.35. The lowest BCUT2D eigenvalue weighted by Crippen LogP contribution is -2.45. The third-order valence-corrected chi connectivity index (χ3v) is 8.79. The van der Waals surface area contributed by atoms with Gasteiger partial charge in [-0.2, -0.15) is 5.10 Å². The van der Waals surface area contributed by atoms with E-state index in [4.69, 9.17) is 5.10 Å². The third-order valence-electron chi connectivity index (χ3n) is 8.79. The molecule has 3 fully saturated rings. The summed E-state index contributed by atoms with van der Waals surface area (Å²) in [5, 5.41) is 11.3. The van der Waals surface area contributed by atoms with Crippen molar-refractivity contribution in [3.63, 3.8) is 0 Å². The van der Waals surface area contributed by atoms with E-state index in [1.807, 2.05) is 6.07 Å². The number of nitrogens with one attached hydrogen (secondary N) is 2. The Hall–Kier alpha value is -2.67. The second-order valence-corrected chi connectivity index (χ2v) is 11.6. The molecule has 3 aliphatic rings. The van der Waals surface area contributed by atoms with Gasteiger partial charge >= 0.3 is 0 Å². The van der Waals surface area contributed by atoms with Gasteiger partial charge in [0.2, 0.25) is 5.91 Å². The van der Waals surface area contributed by atoms with Crippen molar-refractivity contribution >= 4 is 11.8 Å². The zero-order valence-electron chi connectivity index (χ0n) is 23.1. The van der Waals surface area contributed by atoms with Crippen LogP contribution in [0.5, 0.6) is 0 Å². The second-order valence-electron chi connectivity index (χ2n) is 11.6. The highest BCUT2D eigenvalue weighted by atomic mass is 16.2. The molecule has 0 unspecified atom stereocenters. The van der Waals surface area contributed by atoms with Crippen molar-refractivity contribution in [1.29, 1.82) is 0 Å². The van der Waals surface area contributed by atoms with Gasteiger partial charge in [0.25, 0.3) is 5.91 Å². The molecule has 5 rings (SSSR count). The molecule has 206 valence electrons. The predicted molar refractivity (Wildman–Crippen MR) is 151 cm³/mol. The summed E-state index contributed by atoms with van der Waals surface area (Å²) in [5.41, 5.74) is 3.92. The zero-order chi connectivity index (χ0) is 26.3. The molecule has 1 atom stereocenters. The summed E-state index contributed by atoms with van der Waals surface area (Å²) < 4.78 is 2.11. The van der Waals surface area contributed by atoms with Crippen molar-refractivity contribution in [3.05, 3.63) is 41.6 Å². The first-order valence-corrected chi connectivity index (χ1v) is 15.1. The summed E-state index contributed by atoms with van der Waals surface area (Å²) >= 11 is 0. The summed E-state index contributed by atoms with van der Waals surface area (Å²) in [6, 6.07) is 10.9. The zero-order valence-corrected chi connectivity index (χ0v) is 23.1. The minimum absolute atomic E-state index is 0.0488. The third kappa shape index (κ3) is 6.66.